The van der Waals surface area contributed by atoms with Crippen LogP contribution in [-0.2, 0) is 6.54 Å². The molecule has 0 aliphatic carbocycles. The van der Waals surface area contributed by atoms with E-state index in [1.807, 2.05) is 45.0 Å². The number of fused-ring (bicyclic) bond motifs is 1. The van der Waals surface area contributed by atoms with E-state index in [1.165, 1.54) is 11.8 Å². The fourth-order valence-electron chi connectivity index (χ4n) is 2.96. The lowest BCUT2D eigenvalue weighted by Gasteiger charge is -2.10. The van der Waals surface area contributed by atoms with E-state index in [2.05, 4.69) is 25.5 Å². The van der Waals surface area contributed by atoms with Crippen molar-refractivity contribution < 1.29 is 4.74 Å². The molecule has 1 aromatic carbocycles. The maximum absolute atomic E-state index is 12.5. The molecule has 29 heavy (non-hydrogen) atoms. The zero-order valence-corrected chi connectivity index (χ0v) is 18.1. The zero-order chi connectivity index (χ0) is 20.5. The van der Waals surface area contributed by atoms with Gasteiger partial charge in [0.1, 0.15) is 16.4 Å². The number of nitrogens with zero attached hydrogens (tertiary/aromatic N) is 5. The number of benzene rings is 1. The first-order chi connectivity index (χ1) is 14.0. The molecule has 0 saturated carbocycles. The first kappa shape index (κ1) is 19.6. The number of aromatic nitrogens is 6. The summed E-state index contributed by atoms with van der Waals surface area (Å²) in [6.45, 7) is 6.48. The first-order valence-corrected chi connectivity index (χ1v) is 10.7. The van der Waals surface area contributed by atoms with Crippen LogP contribution in [0.1, 0.15) is 34.0 Å². The number of thiophene rings is 1. The molecule has 3 aromatic heterocycles. The highest BCUT2D eigenvalue weighted by Gasteiger charge is 2.19. The number of ether oxygens (including phenoxy) is 1. The molecule has 4 aromatic rings. The maximum atomic E-state index is 12.5. The molecule has 1 N–H and O–H groups in total. The molecule has 0 aliphatic heterocycles. The van der Waals surface area contributed by atoms with Gasteiger partial charge in [-0.15, -0.1) is 16.4 Å². The molecule has 0 spiro atoms. The quantitative estimate of drug-likeness (QED) is 0.469. The van der Waals surface area contributed by atoms with Crippen molar-refractivity contribution in [2.45, 2.75) is 37.7 Å². The summed E-state index contributed by atoms with van der Waals surface area (Å²) in [5.74, 6) is 1.42. The predicted octanol–water partition coefficient (Wildman–Crippen LogP) is 3.50. The number of tetrazole rings is 1. The molecule has 8 nitrogen and oxygen atoms in total. The maximum Gasteiger partial charge on any atom is 0.259 e. The van der Waals surface area contributed by atoms with E-state index in [-0.39, 0.29) is 10.8 Å². The highest BCUT2D eigenvalue weighted by atomic mass is 32.2. The van der Waals surface area contributed by atoms with Gasteiger partial charge in [0.15, 0.2) is 0 Å². The summed E-state index contributed by atoms with van der Waals surface area (Å²) in [6.07, 6.45) is 0. The van der Waals surface area contributed by atoms with Crippen LogP contribution in [0.3, 0.4) is 0 Å². The number of methoxy groups -OCH3 is 1. The van der Waals surface area contributed by atoms with Crippen LogP contribution in [0.2, 0.25) is 0 Å². The lowest BCUT2D eigenvalue weighted by atomic mass is 10.2. The molecule has 3 heterocycles. The molecular weight excluding hydrogens is 408 g/mol. The van der Waals surface area contributed by atoms with Crippen molar-refractivity contribution in [3.63, 3.8) is 0 Å². The van der Waals surface area contributed by atoms with Gasteiger partial charge in [0, 0.05) is 4.88 Å². The van der Waals surface area contributed by atoms with Gasteiger partial charge in [0.25, 0.3) is 5.56 Å². The monoisotopic (exact) mass is 428 g/mol. The Morgan fingerprint density at radius 2 is 2.03 bits per heavy atom. The van der Waals surface area contributed by atoms with Crippen molar-refractivity contribution in [2.24, 2.45) is 0 Å². The Bertz CT molecular complexity index is 1210. The third-order valence-electron chi connectivity index (χ3n) is 4.72. The van der Waals surface area contributed by atoms with Crippen molar-refractivity contribution in [3.8, 4) is 5.75 Å². The lowest BCUT2D eigenvalue weighted by molar-refractivity contribution is 0.414. The van der Waals surface area contributed by atoms with E-state index in [0.29, 0.717) is 22.9 Å². The number of aryl methyl sites for hydroxylation is 2. The number of nitrogens with one attached hydrogen (secondary N) is 1. The average molecular weight is 429 g/mol. The van der Waals surface area contributed by atoms with Crippen molar-refractivity contribution in [1.29, 1.82) is 0 Å². The van der Waals surface area contributed by atoms with Gasteiger partial charge in [-0.25, -0.2) is 9.67 Å². The standard InChI is InChI=1S/C19H20N6O2S2/c1-10-11(2)28-18-15(10)17(26)20-16(21-18)12(3)29-19-22-23-24-25(19)9-13-5-7-14(27-4)8-6-13/h5-8,12H,9H2,1-4H3,(H,20,21,26)/t12-/m0/s1. The van der Waals surface area contributed by atoms with Gasteiger partial charge in [-0.1, -0.05) is 23.9 Å². The van der Waals surface area contributed by atoms with Crippen LogP contribution in [0.15, 0.2) is 34.2 Å². The van der Waals surface area contributed by atoms with Crippen molar-refractivity contribution in [2.75, 3.05) is 7.11 Å². The van der Waals surface area contributed by atoms with E-state index < -0.39 is 0 Å². The van der Waals surface area contributed by atoms with E-state index in [9.17, 15) is 4.79 Å². The molecule has 0 amide bonds. The van der Waals surface area contributed by atoms with Crippen LogP contribution >= 0.6 is 23.1 Å². The minimum Gasteiger partial charge on any atom is -0.497 e. The van der Waals surface area contributed by atoms with Gasteiger partial charge in [0.2, 0.25) is 5.16 Å². The molecular formula is C19H20N6O2S2. The summed E-state index contributed by atoms with van der Waals surface area (Å²) in [7, 11) is 1.64. The van der Waals surface area contributed by atoms with E-state index in [4.69, 9.17) is 4.74 Å². The van der Waals surface area contributed by atoms with E-state index >= 15 is 0 Å². The Morgan fingerprint density at radius 3 is 2.76 bits per heavy atom. The van der Waals surface area contributed by atoms with Crippen LogP contribution < -0.4 is 10.3 Å². The fourth-order valence-corrected chi connectivity index (χ4v) is 4.84. The van der Waals surface area contributed by atoms with Gasteiger partial charge in [-0.2, -0.15) is 0 Å². The van der Waals surface area contributed by atoms with Gasteiger partial charge in [0.05, 0.1) is 24.3 Å². The minimum atomic E-state index is -0.115. The second-order valence-corrected chi connectivity index (χ2v) is 9.15. The summed E-state index contributed by atoms with van der Waals surface area (Å²) in [4.78, 5) is 22.0. The Morgan fingerprint density at radius 1 is 1.28 bits per heavy atom. The Labute approximate surface area is 175 Å². The number of thioether (sulfide) groups is 1. The number of hydrogen-bond donors (Lipinski definition) is 1. The molecule has 0 unspecified atom stereocenters. The largest absolute Gasteiger partial charge is 0.497 e. The Balaban J connectivity index is 1.56. The van der Waals surface area contributed by atoms with Crippen molar-refractivity contribution in [1.82, 2.24) is 30.2 Å². The molecule has 0 aliphatic rings. The van der Waals surface area contributed by atoms with Gasteiger partial charge < -0.3 is 9.72 Å². The molecule has 0 radical (unpaired) electrons. The van der Waals surface area contributed by atoms with Crippen molar-refractivity contribution >= 4 is 33.3 Å². The third kappa shape index (κ3) is 3.90. The van der Waals surface area contributed by atoms with Crippen molar-refractivity contribution in [3.05, 3.63) is 56.4 Å². The van der Waals surface area contributed by atoms with Crippen LogP contribution in [0.5, 0.6) is 5.75 Å². The van der Waals surface area contributed by atoms with Crippen LogP contribution in [0.25, 0.3) is 10.2 Å². The summed E-state index contributed by atoms with van der Waals surface area (Å²) in [5.41, 5.74) is 1.95. The normalized spacial score (nSPS) is 12.4. The number of rotatable bonds is 6. The Hall–Kier alpha value is -2.72. The second-order valence-electron chi connectivity index (χ2n) is 6.64. The summed E-state index contributed by atoms with van der Waals surface area (Å²) >= 11 is 3.00. The lowest BCUT2D eigenvalue weighted by Crippen LogP contribution is -2.13. The van der Waals surface area contributed by atoms with Crippen LogP contribution in [0, 0.1) is 13.8 Å². The molecule has 0 saturated heterocycles. The number of hydrogen-bond acceptors (Lipinski definition) is 8. The van der Waals surface area contributed by atoms with E-state index in [0.717, 1.165) is 26.6 Å². The first-order valence-electron chi connectivity index (χ1n) is 9.02. The minimum absolute atomic E-state index is 0.0999. The fraction of sp³-hybridized carbons (Fsp3) is 0.316. The van der Waals surface area contributed by atoms with Gasteiger partial charge in [-0.05, 0) is 54.5 Å². The topological polar surface area (TPSA) is 98.6 Å². The third-order valence-corrected chi connectivity index (χ3v) is 6.90. The average Bonchev–Trinajstić information content (AvgIpc) is 3.26. The smallest absolute Gasteiger partial charge is 0.259 e. The summed E-state index contributed by atoms with van der Waals surface area (Å²) in [6, 6.07) is 7.77. The molecule has 10 heteroatoms. The molecule has 4 rings (SSSR count). The Kier molecular flexibility index (Phi) is 5.37. The summed E-state index contributed by atoms with van der Waals surface area (Å²) < 4.78 is 6.93. The molecule has 0 bridgehead atoms. The molecule has 1 atom stereocenters. The SMILES string of the molecule is COc1ccc(Cn2nnnc2S[C@@H](C)c2nc3sc(C)c(C)c3c(=O)[nH]2)cc1. The number of aromatic amines is 1. The number of H-pyrrole nitrogens is 1. The molecule has 150 valence electrons. The summed E-state index contributed by atoms with van der Waals surface area (Å²) in [5, 5.41) is 13.3. The van der Waals surface area contributed by atoms with Crippen LogP contribution in [0.4, 0.5) is 0 Å². The van der Waals surface area contributed by atoms with Crippen LogP contribution in [-0.4, -0.2) is 37.3 Å². The van der Waals surface area contributed by atoms with E-state index in [1.54, 1.807) is 23.1 Å². The molecule has 0 fully saturated rings. The zero-order valence-electron chi connectivity index (χ0n) is 16.5. The highest BCUT2D eigenvalue weighted by Crippen LogP contribution is 2.33. The second kappa shape index (κ2) is 7.96. The highest BCUT2D eigenvalue weighted by molar-refractivity contribution is 7.99. The van der Waals surface area contributed by atoms with Gasteiger partial charge >= 0.3 is 0 Å². The predicted molar refractivity (Wildman–Crippen MR) is 114 cm³/mol. The van der Waals surface area contributed by atoms with Gasteiger partial charge in [-0.3, -0.25) is 4.79 Å².